The van der Waals surface area contributed by atoms with E-state index in [1.807, 2.05) is 12.1 Å². The van der Waals surface area contributed by atoms with Crippen LogP contribution in [-0.4, -0.2) is 29.7 Å². The average molecular weight is 280 g/mol. The summed E-state index contributed by atoms with van der Waals surface area (Å²) in [5.41, 5.74) is -0.575. The van der Waals surface area contributed by atoms with Gasteiger partial charge in [0.25, 0.3) is 0 Å². The zero-order valence-electron chi connectivity index (χ0n) is 11.9. The average Bonchev–Trinajstić information content (AvgIpc) is 2.82. The summed E-state index contributed by atoms with van der Waals surface area (Å²) >= 11 is 0. The highest BCUT2D eigenvalue weighted by molar-refractivity contribution is 5.92. The van der Waals surface area contributed by atoms with E-state index in [1.165, 1.54) is 0 Å². The molecule has 0 unspecified atom stereocenters. The van der Waals surface area contributed by atoms with Crippen molar-refractivity contribution in [2.24, 2.45) is 0 Å². The number of aryl methyl sites for hydroxylation is 1. The summed E-state index contributed by atoms with van der Waals surface area (Å²) in [6.07, 6.45) is 2.47. The van der Waals surface area contributed by atoms with Gasteiger partial charge in [0, 0.05) is 6.42 Å². The Hall–Kier alpha value is -1.98. The van der Waals surface area contributed by atoms with Crippen LogP contribution in [-0.2, 0) is 16.0 Å². The first-order chi connectivity index (χ1) is 9.35. The second-order valence-electron chi connectivity index (χ2n) is 5.86. The molecule has 0 spiro atoms. The van der Waals surface area contributed by atoms with Gasteiger partial charge in [-0.05, 0) is 39.3 Å². The van der Waals surface area contributed by atoms with E-state index < -0.39 is 17.7 Å². The van der Waals surface area contributed by atoms with Gasteiger partial charge >= 0.3 is 6.09 Å². The van der Waals surface area contributed by atoms with Gasteiger partial charge in [-0.3, -0.25) is 4.79 Å². The van der Waals surface area contributed by atoms with Gasteiger partial charge in [0.05, 0.1) is 12.3 Å². The Labute approximate surface area is 117 Å². The molecule has 2 atom stereocenters. The zero-order valence-corrected chi connectivity index (χ0v) is 11.9. The van der Waals surface area contributed by atoms with Gasteiger partial charge in [0.15, 0.2) is 0 Å². The summed E-state index contributed by atoms with van der Waals surface area (Å²) < 4.78 is 10.4. The molecule has 2 N–H and O–H groups in total. The van der Waals surface area contributed by atoms with Gasteiger partial charge in [-0.2, -0.15) is 0 Å². The molecule has 1 fully saturated rings. The predicted molar refractivity (Wildman–Crippen MR) is 72.1 cm³/mol. The standard InChI is InChI=1S/C14H20N2O4/c1-14(2,3)20-13(18)16-11-10(15-12(11)17)7-6-9-5-4-8-19-9/h4-5,8,10-11H,6-7H2,1-3H3,(H,15,17)(H,16,18)/t10-,11+/m0/s1. The maximum atomic E-state index is 11.7. The molecule has 20 heavy (non-hydrogen) atoms. The number of hydrogen-bond acceptors (Lipinski definition) is 4. The summed E-state index contributed by atoms with van der Waals surface area (Å²) in [4.78, 5) is 23.2. The highest BCUT2D eigenvalue weighted by Crippen LogP contribution is 2.15. The monoisotopic (exact) mass is 280 g/mol. The number of β-lactam (4-membered cyclic amide) rings is 1. The van der Waals surface area contributed by atoms with Gasteiger partial charge in [0.2, 0.25) is 5.91 Å². The molecule has 0 saturated carbocycles. The quantitative estimate of drug-likeness (QED) is 0.821. The lowest BCUT2D eigenvalue weighted by molar-refractivity contribution is -0.131. The van der Waals surface area contributed by atoms with E-state index >= 15 is 0 Å². The molecule has 1 aromatic heterocycles. The van der Waals surface area contributed by atoms with Gasteiger partial charge in [-0.1, -0.05) is 0 Å². The fourth-order valence-electron chi connectivity index (χ4n) is 2.03. The lowest BCUT2D eigenvalue weighted by Gasteiger charge is -2.37. The summed E-state index contributed by atoms with van der Waals surface area (Å²) in [6, 6.07) is 3.10. The smallest absolute Gasteiger partial charge is 0.408 e. The lowest BCUT2D eigenvalue weighted by atomic mass is 9.94. The topological polar surface area (TPSA) is 80.6 Å². The highest BCUT2D eigenvalue weighted by Gasteiger charge is 2.40. The van der Waals surface area contributed by atoms with Crippen LogP contribution in [0.4, 0.5) is 4.79 Å². The number of ether oxygens (including phenoxy) is 1. The second kappa shape index (κ2) is 5.56. The van der Waals surface area contributed by atoms with Crippen LogP contribution in [0.5, 0.6) is 0 Å². The molecule has 6 nitrogen and oxygen atoms in total. The van der Waals surface area contributed by atoms with Crippen molar-refractivity contribution in [2.75, 3.05) is 0 Å². The third kappa shape index (κ3) is 3.76. The van der Waals surface area contributed by atoms with Crippen LogP contribution in [0.15, 0.2) is 22.8 Å². The SMILES string of the molecule is CC(C)(C)OC(=O)N[C@H]1C(=O)N[C@H]1CCc1ccco1. The largest absolute Gasteiger partial charge is 0.469 e. The van der Waals surface area contributed by atoms with E-state index in [9.17, 15) is 9.59 Å². The third-order valence-corrected chi connectivity index (χ3v) is 2.97. The summed E-state index contributed by atoms with van der Waals surface area (Å²) in [6.45, 7) is 5.34. The van der Waals surface area contributed by atoms with Gasteiger partial charge < -0.3 is 19.8 Å². The Bertz CT molecular complexity index is 476. The number of furan rings is 1. The van der Waals surface area contributed by atoms with Crippen molar-refractivity contribution in [1.82, 2.24) is 10.6 Å². The lowest BCUT2D eigenvalue weighted by Crippen LogP contribution is -2.69. The molecule has 0 aromatic carbocycles. The number of rotatable bonds is 4. The van der Waals surface area contributed by atoms with Gasteiger partial charge in [0.1, 0.15) is 17.4 Å². The molecular formula is C14H20N2O4. The van der Waals surface area contributed by atoms with E-state index in [-0.39, 0.29) is 11.9 Å². The molecule has 0 bridgehead atoms. The van der Waals surface area contributed by atoms with Crippen molar-refractivity contribution in [3.63, 3.8) is 0 Å². The summed E-state index contributed by atoms with van der Waals surface area (Å²) in [5.74, 6) is 0.683. The van der Waals surface area contributed by atoms with Crippen LogP contribution in [0.2, 0.25) is 0 Å². The van der Waals surface area contributed by atoms with E-state index in [0.717, 1.165) is 5.76 Å². The Morgan fingerprint density at radius 1 is 1.50 bits per heavy atom. The van der Waals surface area contributed by atoms with Crippen LogP contribution in [0, 0.1) is 0 Å². The van der Waals surface area contributed by atoms with Crippen LogP contribution < -0.4 is 10.6 Å². The molecule has 2 rings (SSSR count). The fraction of sp³-hybridized carbons (Fsp3) is 0.571. The second-order valence-corrected chi connectivity index (χ2v) is 5.86. The first-order valence-corrected chi connectivity index (χ1v) is 6.67. The number of hydrogen-bond donors (Lipinski definition) is 2. The van der Waals surface area contributed by atoms with Crippen molar-refractivity contribution in [3.8, 4) is 0 Å². The Balaban J connectivity index is 1.80. The molecule has 2 heterocycles. The first kappa shape index (κ1) is 14.4. The summed E-state index contributed by atoms with van der Waals surface area (Å²) in [5, 5.41) is 5.37. The van der Waals surface area contributed by atoms with Crippen molar-refractivity contribution in [3.05, 3.63) is 24.2 Å². The van der Waals surface area contributed by atoms with Crippen LogP contribution in [0.1, 0.15) is 33.0 Å². The maximum Gasteiger partial charge on any atom is 0.408 e. The minimum absolute atomic E-state index is 0.0832. The Kier molecular flexibility index (Phi) is 4.01. The van der Waals surface area contributed by atoms with E-state index in [1.54, 1.807) is 27.0 Å². The minimum Gasteiger partial charge on any atom is -0.469 e. The maximum absolute atomic E-state index is 11.7. The molecule has 1 aromatic rings. The van der Waals surface area contributed by atoms with Crippen LogP contribution in [0.3, 0.4) is 0 Å². The molecule has 1 aliphatic rings. The molecule has 0 aliphatic carbocycles. The van der Waals surface area contributed by atoms with Crippen molar-refractivity contribution in [1.29, 1.82) is 0 Å². The molecule has 6 heteroatoms. The Morgan fingerprint density at radius 2 is 2.25 bits per heavy atom. The van der Waals surface area contributed by atoms with Crippen molar-refractivity contribution in [2.45, 2.75) is 51.3 Å². The molecule has 110 valence electrons. The number of alkyl carbamates (subject to hydrolysis) is 1. The fourth-order valence-corrected chi connectivity index (χ4v) is 2.03. The first-order valence-electron chi connectivity index (χ1n) is 6.67. The normalized spacial score (nSPS) is 21.9. The minimum atomic E-state index is -0.575. The number of nitrogens with one attached hydrogen (secondary N) is 2. The molecule has 2 amide bonds. The van der Waals surface area contributed by atoms with Crippen molar-refractivity contribution >= 4 is 12.0 Å². The Morgan fingerprint density at radius 3 is 2.80 bits per heavy atom. The number of carbonyl (C=O) groups is 2. The van der Waals surface area contributed by atoms with E-state index in [0.29, 0.717) is 12.8 Å². The van der Waals surface area contributed by atoms with Gasteiger partial charge in [-0.15, -0.1) is 0 Å². The van der Waals surface area contributed by atoms with E-state index in [2.05, 4.69) is 10.6 Å². The molecule has 1 saturated heterocycles. The van der Waals surface area contributed by atoms with Crippen LogP contribution >= 0.6 is 0 Å². The summed E-state index contributed by atoms with van der Waals surface area (Å²) in [7, 11) is 0. The van der Waals surface area contributed by atoms with Crippen LogP contribution in [0.25, 0.3) is 0 Å². The van der Waals surface area contributed by atoms with Gasteiger partial charge in [-0.25, -0.2) is 4.79 Å². The zero-order chi connectivity index (χ0) is 14.8. The molecular weight excluding hydrogens is 260 g/mol. The number of carbonyl (C=O) groups excluding carboxylic acids is 2. The van der Waals surface area contributed by atoms with E-state index in [4.69, 9.17) is 9.15 Å². The predicted octanol–water partition coefficient (Wildman–Crippen LogP) is 1.60. The highest BCUT2D eigenvalue weighted by atomic mass is 16.6. The molecule has 1 aliphatic heterocycles. The number of amides is 2. The van der Waals surface area contributed by atoms with Crippen molar-refractivity contribution < 1.29 is 18.7 Å². The third-order valence-electron chi connectivity index (χ3n) is 2.97. The molecule has 0 radical (unpaired) electrons.